The molecule has 2 unspecified atom stereocenters. The van der Waals surface area contributed by atoms with Gasteiger partial charge in [0.05, 0.1) is 5.56 Å². The van der Waals surface area contributed by atoms with Crippen molar-refractivity contribution in [2.75, 3.05) is 18.0 Å². The van der Waals surface area contributed by atoms with E-state index in [9.17, 15) is 9.59 Å². The van der Waals surface area contributed by atoms with E-state index in [-0.39, 0.29) is 5.91 Å². The highest BCUT2D eigenvalue weighted by atomic mass is 16.1. The fraction of sp³-hybridized carbons (Fsp3) is 0.571. The van der Waals surface area contributed by atoms with E-state index in [1.54, 1.807) is 6.20 Å². The van der Waals surface area contributed by atoms with Crippen LogP contribution in [0.1, 0.15) is 56.3 Å². The Balaban J connectivity index is 1.53. The number of hydrogen-bond donors (Lipinski definition) is 1. The van der Waals surface area contributed by atoms with Crippen LogP contribution >= 0.6 is 0 Å². The minimum absolute atomic E-state index is 0.107. The molecular formula is C21H29N3O2. The highest BCUT2D eigenvalue weighted by Crippen LogP contribution is 2.41. The first-order chi connectivity index (χ1) is 12.6. The number of carbonyl (C=O) groups is 2. The fourth-order valence-electron chi connectivity index (χ4n) is 3.76. The molecule has 1 saturated carbocycles. The highest BCUT2D eigenvalue weighted by molar-refractivity contribution is 5.94. The summed E-state index contributed by atoms with van der Waals surface area (Å²) >= 11 is 0. The molecule has 0 bridgehead atoms. The van der Waals surface area contributed by atoms with Crippen LogP contribution in [0.2, 0.25) is 0 Å². The summed E-state index contributed by atoms with van der Waals surface area (Å²) < 4.78 is 0. The maximum Gasteiger partial charge on any atom is 0.256 e. The molecule has 5 heteroatoms. The van der Waals surface area contributed by atoms with Crippen molar-refractivity contribution in [3.63, 3.8) is 0 Å². The summed E-state index contributed by atoms with van der Waals surface area (Å²) in [6.45, 7) is 6.27. The quantitative estimate of drug-likeness (QED) is 0.760. The van der Waals surface area contributed by atoms with Gasteiger partial charge in [-0.25, -0.2) is 4.98 Å². The monoisotopic (exact) mass is 355 g/mol. The van der Waals surface area contributed by atoms with Crippen LogP contribution in [0.3, 0.4) is 0 Å². The summed E-state index contributed by atoms with van der Waals surface area (Å²) in [6.07, 6.45) is 9.61. The summed E-state index contributed by atoms with van der Waals surface area (Å²) in [4.78, 5) is 29.7. The number of carbonyl (C=O) groups excluding carboxylic acids is 2. The third-order valence-electron chi connectivity index (χ3n) is 5.27. The van der Waals surface area contributed by atoms with E-state index >= 15 is 0 Å². The third kappa shape index (κ3) is 4.93. The molecule has 1 aliphatic carbocycles. The number of anilines is 1. The van der Waals surface area contributed by atoms with Crippen molar-refractivity contribution in [3.05, 3.63) is 35.7 Å². The van der Waals surface area contributed by atoms with E-state index in [1.807, 2.05) is 18.3 Å². The molecule has 1 aromatic rings. The molecule has 0 radical (unpaired) electrons. The molecule has 5 nitrogen and oxygen atoms in total. The lowest BCUT2D eigenvalue weighted by atomic mass is 9.95. The number of aromatic nitrogens is 1. The van der Waals surface area contributed by atoms with Gasteiger partial charge in [0, 0.05) is 31.9 Å². The Morgan fingerprint density at radius 1 is 1.42 bits per heavy atom. The molecule has 3 rings (SSSR count). The fourth-order valence-corrected chi connectivity index (χ4v) is 3.76. The van der Waals surface area contributed by atoms with Gasteiger partial charge in [0.25, 0.3) is 5.91 Å². The maximum absolute atomic E-state index is 12.3. The van der Waals surface area contributed by atoms with Gasteiger partial charge in [0.2, 0.25) is 0 Å². The topological polar surface area (TPSA) is 62.3 Å². The summed E-state index contributed by atoms with van der Waals surface area (Å²) in [5.41, 5.74) is 1.92. The van der Waals surface area contributed by atoms with Crippen molar-refractivity contribution in [3.8, 4) is 0 Å². The van der Waals surface area contributed by atoms with Gasteiger partial charge in [0.1, 0.15) is 12.1 Å². The van der Waals surface area contributed by atoms with E-state index in [1.165, 1.54) is 12.0 Å². The van der Waals surface area contributed by atoms with Crippen molar-refractivity contribution in [2.24, 2.45) is 17.8 Å². The lowest BCUT2D eigenvalue weighted by Crippen LogP contribution is -2.36. The van der Waals surface area contributed by atoms with Crippen LogP contribution in [0.25, 0.3) is 0 Å². The third-order valence-corrected chi connectivity index (χ3v) is 5.27. The molecule has 0 aromatic carbocycles. The maximum atomic E-state index is 12.3. The van der Waals surface area contributed by atoms with E-state index in [0.29, 0.717) is 29.7 Å². The van der Waals surface area contributed by atoms with Crippen LogP contribution in [-0.4, -0.2) is 30.3 Å². The van der Waals surface area contributed by atoms with E-state index in [4.69, 9.17) is 0 Å². The number of hydrogen-bond acceptors (Lipinski definition) is 4. The normalized spacial score (nSPS) is 24.0. The Morgan fingerprint density at radius 3 is 2.96 bits per heavy atom. The average molecular weight is 355 g/mol. The minimum Gasteiger partial charge on any atom is -0.356 e. The van der Waals surface area contributed by atoms with E-state index < -0.39 is 0 Å². The Bertz CT molecular complexity index is 666. The predicted molar refractivity (Wildman–Crippen MR) is 103 cm³/mol. The summed E-state index contributed by atoms with van der Waals surface area (Å²) in [5.74, 6) is 2.53. The molecule has 1 amide bonds. The van der Waals surface area contributed by atoms with Crippen LogP contribution in [0.5, 0.6) is 0 Å². The summed E-state index contributed by atoms with van der Waals surface area (Å²) in [5, 5.41) is 2.89. The Morgan fingerprint density at radius 2 is 2.27 bits per heavy atom. The van der Waals surface area contributed by atoms with Crippen molar-refractivity contribution >= 4 is 18.0 Å². The molecule has 2 heterocycles. The average Bonchev–Trinajstić information content (AvgIpc) is 3.37. The summed E-state index contributed by atoms with van der Waals surface area (Å²) in [7, 11) is 0. The van der Waals surface area contributed by atoms with Crippen LogP contribution in [0, 0.1) is 17.8 Å². The van der Waals surface area contributed by atoms with Gasteiger partial charge in [-0.05, 0) is 55.6 Å². The zero-order valence-electron chi connectivity index (χ0n) is 15.8. The molecular weight excluding hydrogens is 326 g/mol. The van der Waals surface area contributed by atoms with Gasteiger partial charge in [0.15, 0.2) is 0 Å². The van der Waals surface area contributed by atoms with Crippen LogP contribution in [0.15, 0.2) is 30.1 Å². The predicted octanol–water partition coefficient (Wildman–Crippen LogP) is 3.57. The molecule has 1 N–H and O–H groups in total. The van der Waals surface area contributed by atoms with E-state index in [0.717, 1.165) is 44.5 Å². The van der Waals surface area contributed by atoms with Gasteiger partial charge in [-0.2, -0.15) is 0 Å². The van der Waals surface area contributed by atoms with Gasteiger partial charge >= 0.3 is 0 Å². The number of nitrogens with one attached hydrogen (secondary N) is 1. The lowest BCUT2D eigenvalue weighted by molar-refractivity contribution is -0.108. The first-order valence-electron chi connectivity index (χ1n) is 9.71. The Labute approximate surface area is 155 Å². The first kappa shape index (κ1) is 18.6. The number of aldehydes is 1. The standard InChI is InChI=1S/C21H29N3O2/c1-15(2)10-18-11-19(18)13-23-21(26)17-5-6-20(22-12-17)24-8-3-4-16(14-24)7-9-25/h5-6,9,12-13,15-16,18H,3-4,7-8,10-11,14H2,1-2H3,(H,23,26)/b19-13+. The molecule has 2 atom stereocenters. The molecule has 26 heavy (non-hydrogen) atoms. The van der Waals surface area contributed by atoms with Gasteiger partial charge < -0.3 is 15.0 Å². The molecule has 1 aromatic heterocycles. The highest BCUT2D eigenvalue weighted by Gasteiger charge is 2.30. The Hall–Kier alpha value is -2.17. The first-order valence-corrected chi connectivity index (χ1v) is 9.71. The molecule has 2 fully saturated rings. The second kappa shape index (κ2) is 8.47. The number of allylic oxidation sites excluding steroid dienone is 1. The second-order valence-corrected chi connectivity index (χ2v) is 7.99. The molecule has 140 valence electrons. The lowest BCUT2D eigenvalue weighted by Gasteiger charge is -2.32. The van der Waals surface area contributed by atoms with Gasteiger partial charge in [-0.3, -0.25) is 4.79 Å². The minimum atomic E-state index is -0.107. The van der Waals surface area contributed by atoms with Crippen molar-refractivity contribution in [2.45, 2.75) is 46.0 Å². The SMILES string of the molecule is CC(C)CC1C/C1=C\NC(=O)c1ccc(N2CCCC(CC=O)C2)nc1. The van der Waals surface area contributed by atoms with Gasteiger partial charge in [-0.1, -0.05) is 19.4 Å². The smallest absolute Gasteiger partial charge is 0.256 e. The second-order valence-electron chi connectivity index (χ2n) is 7.99. The van der Waals surface area contributed by atoms with E-state index in [2.05, 4.69) is 29.0 Å². The Kier molecular flexibility index (Phi) is 6.07. The molecule has 0 spiro atoms. The van der Waals surface area contributed by atoms with Crippen LogP contribution in [-0.2, 0) is 4.79 Å². The number of piperidine rings is 1. The number of nitrogens with zero attached hydrogens (tertiary/aromatic N) is 2. The number of pyridine rings is 1. The van der Waals surface area contributed by atoms with Crippen molar-refractivity contribution < 1.29 is 9.59 Å². The molecule has 1 aliphatic heterocycles. The van der Waals surface area contributed by atoms with Gasteiger partial charge in [-0.15, -0.1) is 0 Å². The summed E-state index contributed by atoms with van der Waals surface area (Å²) in [6, 6.07) is 3.74. The van der Waals surface area contributed by atoms with Crippen molar-refractivity contribution in [1.82, 2.24) is 10.3 Å². The zero-order chi connectivity index (χ0) is 18.5. The molecule has 1 saturated heterocycles. The molecule has 2 aliphatic rings. The van der Waals surface area contributed by atoms with Crippen LogP contribution in [0.4, 0.5) is 5.82 Å². The van der Waals surface area contributed by atoms with Crippen molar-refractivity contribution in [1.29, 1.82) is 0 Å². The number of amides is 1. The largest absolute Gasteiger partial charge is 0.356 e. The number of rotatable bonds is 7. The van der Waals surface area contributed by atoms with Crippen LogP contribution < -0.4 is 10.2 Å². The zero-order valence-corrected chi connectivity index (χ0v) is 15.8.